The number of aromatic nitrogens is 1. The average Bonchev–Trinajstić information content (AvgIpc) is 2.57. The van der Waals surface area contributed by atoms with E-state index in [-0.39, 0.29) is 12.4 Å². The number of carbonyl (C=O) groups excluding carboxylic acids is 1. The molecule has 4 nitrogen and oxygen atoms in total. The topological polar surface area (TPSA) is 68.0 Å². The van der Waals surface area contributed by atoms with Crippen molar-refractivity contribution >= 4 is 34.1 Å². The lowest BCUT2D eigenvalue weighted by atomic mass is 10.1. The molecule has 0 saturated heterocycles. The van der Waals surface area contributed by atoms with E-state index in [2.05, 4.69) is 10.3 Å². The summed E-state index contributed by atoms with van der Waals surface area (Å²) in [6, 6.07) is 10.1. The van der Waals surface area contributed by atoms with Crippen LogP contribution in [0.4, 0.5) is 10.1 Å². The summed E-state index contributed by atoms with van der Waals surface area (Å²) in [6.07, 6.45) is 0. The van der Waals surface area contributed by atoms with E-state index in [4.69, 9.17) is 17.3 Å². The highest BCUT2D eigenvalue weighted by Crippen LogP contribution is 2.28. The number of nitrogens with two attached hydrogens (primary N) is 1. The molecule has 1 amide bonds. The van der Waals surface area contributed by atoms with E-state index in [0.717, 1.165) is 22.3 Å². The molecule has 0 bridgehead atoms. The van der Waals surface area contributed by atoms with Crippen molar-refractivity contribution in [3.8, 4) is 0 Å². The molecule has 0 aliphatic heterocycles. The van der Waals surface area contributed by atoms with Gasteiger partial charge in [0.1, 0.15) is 5.82 Å². The number of rotatable bonds is 4. The van der Waals surface area contributed by atoms with E-state index in [1.807, 2.05) is 26.0 Å². The minimum absolute atomic E-state index is 0.214. The van der Waals surface area contributed by atoms with E-state index in [0.29, 0.717) is 21.7 Å². The maximum Gasteiger partial charge on any atom is 0.250 e. The zero-order chi connectivity index (χ0) is 18.1. The molecule has 0 spiro atoms. The molecule has 3 aromatic rings. The molecule has 3 N–H and O–H groups in total. The summed E-state index contributed by atoms with van der Waals surface area (Å²) < 4.78 is 14.1. The number of halogens is 2. The largest absolute Gasteiger partial charge is 0.380 e. The minimum Gasteiger partial charge on any atom is -0.380 e. The van der Waals surface area contributed by atoms with Crippen LogP contribution in [0.25, 0.3) is 10.9 Å². The molecule has 6 heteroatoms. The molecular weight excluding hydrogens is 341 g/mol. The first kappa shape index (κ1) is 17.2. The number of aryl methyl sites for hydroxylation is 2. The van der Waals surface area contributed by atoms with Crippen LogP contribution in [-0.4, -0.2) is 10.9 Å². The number of benzene rings is 2. The van der Waals surface area contributed by atoms with Crippen molar-refractivity contribution in [2.45, 2.75) is 20.4 Å². The van der Waals surface area contributed by atoms with Crippen LogP contribution in [-0.2, 0) is 6.54 Å². The molecule has 0 unspecified atom stereocenters. The number of nitrogens with zero attached hydrogens (tertiary/aromatic N) is 1. The number of fused-ring (bicyclic) bond motifs is 1. The van der Waals surface area contributed by atoms with Gasteiger partial charge in [-0.2, -0.15) is 0 Å². The lowest BCUT2D eigenvalue weighted by Gasteiger charge is -2.14. The Morgan fingerprint density at radius 3 is 2.76 bits per heavy atom. The normalized spacial score (nSPS) is 10.9. The first-order valence-electron chi connectivity index (χ1n) is 7.76. The smallest absolute Gasteiger partial charge is 0.250 e. The van der Waals surface area contributed by atoms with Crippen LogP contribution in [0.15, 0.2) is 36.4 Å². The first-order valence-corrected chi connectivity index (χ1v) is 8.14. The van der Waals surface area contributed by atoms with Gasteiger partial charge in [0.2, 0.25) is 0 Å². The highest BCUT2D eigenvalue weighted by atomic mass is 35.5. The van der Waals surface area contributed by atoms with Gasteiger partial charge in [0.25, 0.3) is 5.91 Å². The summed E-state index contributed by atoms with van der Waals surface area (Å²) in [6.45, 7) is 3.87. The van der Waals surface area contributed by atoms with Crippen LogP contribution in [0.1, 0.15) is 27.2 Å². The fraction of sp³-hybridized carbons (Fsp3) is 0.158. The Hall–Kier alpha value is -2.66. The van der Waals surface area contributed by atoms with Crippen molar-refractivity contribution in [1.82, 2.24) is 4.98 Å². The fourth-order valence-corrected chi connectivity index (χ4v) is 3.00. The van der Waals surface area contributed by atoms with Gasteiger partial charge in [-0.3, -0.25) is 9.78 Å². The lowest BCUT2D eigenvalue weighted by molar-refractivity contribution is 0.100. The van der Waals surface area contributed by atoms with Crippen LogP contribution in [0.2, 0.25) is 5.02 Å². The van der Waals surface area contributed by atoms with Crippen molar-refractivity contribution in [3.05, 3.63) is 69.6 Å². The highest BCUT2D eigenvalue weighted by molar-refractivity contribution is 6.32. The van der Waals surface area contributed by atoms with E-state index in [1.54, 1.807) is 18.2 Å². The summed E-state index contributed by atoms with van der Waals surface area (Å²) in [4.78, 5) is 16.1. The Morgan fingerprint density at radius 2 is 2.04 bits per heavy atom. The van der Waals surface area contributed by atoms with Crippen molar-refractivity contribution in [1.29, 1.82) is 0 Å². The minimum atomic E-state index is -0.539. The van der Waals surface area contributed by atoms with Gasteiger partial charge in [0.05, 0.1) is 16.1 Å². The molecule has 1 heterocycles. The predicted molar refractivity (Wildman–Crippen MR) is 98.5 cm³/mol. The molecular formula is C19H17ClFN3O. The number of primary amides is 1. The number of hydrogen-bond donors (Lipinski definition) is 2. The standard InChI is InChI=1S/C19H17ClFN3O/c1-10-6-7-15(21)14(17(10)20)9-23-16-8-11(2)24-18-12(16)4-3-5-13(18)19(22)25/h3-8H,9H2,1-2H3,(H2,22,25)(H,23,24). The number of nitrogens with one attached hydrogen (secondary N) is 1. The molecule has 1 aromatic heterocycles. The maximum absolute atomic E-state index is 14.1. The third kappa shape index (κ3) is 3.28. The van der Waals surface area contributed by atoms with Crippen molar-refractivity contribution in [2.24, 2.45) is 5.73 Å². The second-order valence-corrected chi connectivity index (χ2v) is 6.27. The van der Waals surface area contributed by atoms with E-state index >= 15 is 0 Å². The number of amides is 1. The predicted octanol–water partition coefficient (Wildman–Crippen LogP) is 4.36. The SMILES string of the molecule is Cc1cc(NCc2c(F)ccc(C)c2Cl)c2cccc(C(N)=O)c2n1. The number of anilines is 1. The van der Waals surface area contributed by atoms with Gasteiger partial charge in [-0.05, 0) is 37.6 Å². The summed E-state index contributed by atoms with van der Waals surface area (Å²) in [5.41, 5.74) is 8.98. The first-order chi connectivity index (χ1) is 11.9. The second kappa shape index (κ2) is 6.69. The molecule has 0 aliphatic carbocycles. The molecule has 3 rings (SSSR count). The lowest BCUT2D eigenvalue weighted by Crippen LogP contribution is -2.12. The Kier molecular flexibility index (Phi) is 4.59. The van der Waals surface area contributed by atoms with E-state index < -0.39 is 5.91 Å². The Balaban J connectivity index is 2.04. The van der Waals surface area contributed by atoms with Gasteiger partial charge in [-0.1, -0.05) is 29.8 Å². The molecule has 2 aromatic carbocycles. The highest BCUT2D eigenvalue weighted by Gasteiger charge is 2.13. The molecule has 0 fully saturated rings. The van der Waals surface area contributed by atoms with Crippen LogP contribution in [0.3, 0.4) is 0 Å². The fourth-order valence-electron chi connectivity index (χ4n) is 2.78. The van der Waals surface area contributed by atoms with Crippen molar-refractivity contribution in [2.75, 3.05) is 5.32 Å². The average molecular weight is 358 g/mol. The monoisotopic (exact) mass is 357 g/mol. The Bertz CT molecular complexity index is 988. The molecule has 0 radical (unpaired) electrons. The van der Waals surface area contributed by atoms with E-state index in [1.165, 1.54) is 6.07 Å². The summed E-state index contributed by atoms with van der Waals surface area (Å²) in [7, 11) is 0. The second-order valence-electron chi connectivity index (χ2n) is 5.89. The van der Waals surface area contributed by atoms with Crippen LogP contribution in [0, 0.1) is 19.7 Å². The van der Waals surface area contributed by atoms with Gasteiger partial charge in [-0.25, -0.2) is 4.39 Å². The molecule has 25 heavy (non-hydrogen) atoms. The maximum atomic E-state index is 14.1. The quantitative estimate of drug-likeness (QED) is 0.729. The van der Waals surface area contributed by atoms with Crippen LogP contribution in [0.5, 0.6) is 0 Å². The number of carbonyl (C=O) groups is 1. The molecule has 0 atom stereocenters. The van der Waals surface area contributed by atoms with Crippen LogP contribution >= 0.6 is 11.6 Å². The van der Waals surface area contributed by atoms with Gasteiger partial charge in [0.15, 0.2) is 0 Å². The number of para-hydroxylation sites is 1. The van der Waals surface area contributed by atoms with E-state index in [9.17, 15) is 9.18 Å². The molecule has 0 aliphatic rings. The summed E-state index contributed by atoms with van der Waals surface area (Å²) >= 11 is 6.23. The number of pyridine rings is 1. The van der Waals surface area contributed by atoms with Gasteiger partial charge in [0, 0.05) is 28.9 Å². The van der Waals surface area contributed by atoms with Crippen molar-refractivity contribution in [3.63, 3.8) is 0 Å². The van der Waals surface area contributed by atoms with Crippen molar-refractivity contribution < 1.29 is 9.18 Å². The summed E-state index contributed by atoms with van der Waals surface area (Å²) in [5.74, 6) is -0.904. The third-order valence-electron chi connectivity index (χ3n) is 4.07. The molecule has 0 saturated carbocycles. The van der Waals surface area contributed by atoms with Gasteiger partial charge >= 0.3 is 0 Å². The van der Waals surface area contributed by atoms with Crippen LogP contribution < -0.4 is 11.1 Å². The number of hydrogen-bond acceptors (Lipinski definition) is 3. The molecule has 128 valence electrons. The Labute approximate surface area is 149 Å². The third-order valence-corrected chi connectivity index (χ3v) is 4.59. The van der Waals surface area contributed by atoms with Gasteiger partial charge in [-0.15, -0.1) is 0 Å². The zero-order valence-electron chi connectivity index (χ0n) is 13.9. The Morgan fingerprint density at radius 1 is 1.28 bits per heavy atom. The summed E-state index contributed by atoms with van der Waals surface area (Å²) in [5, 5.41) is 4.35. The van der Waals surface area contributed by atoms with Gasteiger partial charge < -0.3 is 11.1 Å². The zero-order valence-corrected chi connectivity index (χ0v) is 14.6.